The molecule has 0 saturated heterocycles. The van der Waals surface area contributed by atoms with Gasteiger partial charge in [-0.25, -0.2) is 4.79 Å². The van der Waals surface area contributed by atoms with Gasteiger partial charge in [0.05, 0.1) is 20.3 Å². The van der Waals surface area contributed by atoms with Crippen LogP contribution in [0.4, 0.5) is 0 Å². The fourth-order valence-electron chi connectivity index (χ4n) is 0.402. The number of esters is 1. The van der Waals surface area contributed by atoms with Crippen LogP contribution in [-0.2, 0) is 9.53 Å². The Bertz CT molecular complexity index is 161. The second-order valence-corrected chi connectivity index (χ2v) is 2.04. The maximum absolute atomic E-state index is 10.5. The molecule has 13 heavy (non-hydrogen) atoms. The van der Waals surface area contributed by atoms with Crippen LogP contribution in [-0.4, -0.2) is 36.5 Å². The number of methoxy groups -OCH3 is 1. The summed E-state index contributed by atoms with van der Waals surface area (Å²) in [6.45, 7) is 6.67. The lowest BCUT2D eigenvalue weighted by atomic mass is 10.2. The van der Waals surface area contributed by atoms with Crippen LogP contribution < -0.4 is 0 Å². The third-order valence-electron chi connectivity index (χ3n) is 0.965. The zero-order chi connectivity index (χ0) is 10.7. The van der Waals surface area contributed by atoms with Crippen LogP contribution in [0.15, 0.2) is 24.8 Å². The summed E-state index contributed by atoms with van der Waals surface area (Å²) in [6, 6.07) is 0. The average molecular weight is 188 g/mol. The molecule has 0 atom stereocenters. The van der Waals surface area contributed by atoms with E-state index in [-0.39, 0.29) is 19.2 Å². The number of hydrogen-bond donors (Lipinski definition) is 2. The number of ether oxygens (including phenoxy) is 1. The summed E-state index contributed by atoms with van der Waals surface area (Å²) >= 11 is 0. The molecular formula is C9H16O4. The number of carbonyl (C=O) groups excluding carboxylic acids is 1. The van der Waals surface area contributed by atoms with Gasteiger partial charge in [0.1, 0.15) is 0 Å². The lowest BCUT2D eigenvalue weighted by Crippen LogP contribution is -2.01. The normalized spacial score (nSPS) is 7.92. The molecule has 0 unspecified atom stereocenters. The van der Waals surface area contributed by atoms with Gasteiger partial charge in [0.2, 0.25) is 0 Å². The molecular weight excluding hydrogens is 172 g/mol. The van der Waals surface area contributed by atoms with Crippen LogP contribution in [0, 0.1) is 0 Å². The topological polar surface area (TPSA) is 66.8 Å². The van der Waals surface area contributed by atoms with Gasteiger partial charge in [-0.15, -0.1) is 6.58 Å². The Balaban J connectivity index is 0. The second-order valence-electron chi connectivity index (χ2n) is 2.04. The minimum Gasteiger partial charge on any atom is -0.466 e. The van der Waals surface area contributed by atoms with Crippen LogP contribution in [0.5, 0.6) is 0 Å². The Morgan fingerprint density at radius 1 is 1.46 bits per heavy atom. The molecule has 0 amide bonds. The van der Waals surface area contributed by atoms with Gasteiger partial charge in [0, 0.05) is 5.57 Å². The fourth-order valence-corrected chi connectivity index (χ4v) is 0.402. The smallest absolute Gasteiger partial charge is 0.333 e. The number of carbonyl (C=O) groups is 1. The Kier molecular flexibility index (Phi) is 12.0. The quantitative estimate of drug-likeness (QED) is 0.377. The molecule has 0 aliphatic rings. The number of hydrogen-bond acceptors (Lipinski definition) is 4. The molecule has 2 N–H and O–H groups in total. The van der Waals surface area contributed by atoms with Gasteiger partial charge in [-0.2, -0.15) is 0 Å². The van der Waals surface area contributed by atoms with E-state index in [2.05, 4.69) is 17.9 Å². The summed E-state index contributed by atoms with van der Waals surface area (Å²) in [5, 5.41) is 15.2. The van der Waals surface area contributed by atoms with E-state index in [1.165, 1.54) is 7.11 Å². The van der Waals surface area contributed by atoms with Gasteiger partial charge < -0.3 is 14.9 Å². The molecule has 0 aliphatic heterocycles. The molecule has 0 fully saturated rings. The number of aliphatic hydroxyl groups excluding tert-OH is 2. The van der Waals surface area contributed by atoms with Crippen molar-refractivity contribution in [2.24, 2.45) is 0 Å². The Morgan fingerprint density at radius 3 is 2.15 bits per heavy atom. The predicted molar refractivity (Wildman–Crippen MR) is 50.1 cm³/mol. The Morgan fingerprint density at radius 2 is 1.92 bits per heavy atom. The summed E-state index contributed by atoms with van der Waals surface area (Å²) in [4.78, 5) is 10.5. The van der Waals surface area contributed by atoms with Gasteiger partial charge >= 0.3 is 5.97 Å². The van der Waals surface area contributed by atoms with Crippen molar-refractivity contribution in [3.05, 3.63) is 24.8 Å². The molecule has 0 aromatic heterocycles. The SMILES string of the molecule is C=CCC(=C)C(=O)OC.OCCO. The zero-order valence-electron chi connectivity index (χ0n) is 7.82. The van der Waals surface area contributed by atoms with E-state index in [9.17, 15) is 4.79 Å². The van der Waals surface area contributed by atoms with E-state index in [0.29, 0.717) is 12.0 Å². The van der Waals surface area contributed by atoms with Gasteiger partial charge in [0.25, 0.3) is 0 Å². The van der Waals surface area contributed by atoms with E-state index in [0.717, 1.165) is 0 Å². The van der Waals surface area contributed by atoms with Crippen molar-refractivity contribution in [1.29, 1.82) is 0 Å². The predicted octanol–water partition coefficient (Wildman–Crippen LogP) is 0.263. The molecule has 0 rings (SSSR count). The lowest BCUT2D eigenvalue weighted by molar-refractivity contribution is -0.136. The molecule has 0 aromatic carbocycles. The number of allylic oxidation sites excluding steroid dienone is 1. The van der Waals surface area contributed by atoms with E-state index in [1.54, 1.807) is 6.08 Å². The van der Waals surface area contributed by atoms with E-state index < -0.39 is 0 Å². The molecule has 0 saturated carbocycles. The molecule has 0 spiro atoms. The van der Waals surface area contributed by atoms with Gasteiger partial charge in [-0.1, -0.05) is 12.7 Å². The van der Waals surface area contributed by atoms with Gasteiger partial charge in [-0.3, -0.25) is 0 Å². The molecule has 4 heteroatoms. The summed E-state index contributed by atoms with van der Waals surface area (Å²) < 4.78 is 4.38. The van der Waals surface area contributed by atoms with Crippen molar-refractivity contribution in [3.63, 3.8) is 0 Å². The third kappa shape index (κ3) is 10.9. The molecule has 0 aliphatic carbocycles. The number of aliphatic hydroxyl groups is 2. The largest absolute Gasteiger partial charge is 0.466 e. The van der Waals surface area contributed by atoms with Crippen LogP contribution in [0.2, 0.25) is 0 Å². The minimum atomic E-state index is -0.366. The van der Waals surface area contributed by atoms with E-state index in [4.69, 9.17) is 10.2 Å². The average Bonchev–Trinajstić information content (AvgIpc) is 2.17. The summed E-state index contributed by atoms with van der Waals surface area (Å²) in [7, 11) is 1.33. The monoisotopic (exact) mass is 188 g/mol. The molecule has 0 radical (unpaired) electrons. The first kappa shape index (κ1) is 14.4. The van der Waals surface area contributed by atoms with Crippen LogP contribution >= 0.6 is 0 Å². The maximum atomic E-state index is 10.5. The van der Waals surface area contributed by atoms with Crippen molar-refractivity contribution >= 4 is 5.97 Å². The standard InChI is InChI=1S/C7H10O2.C2H6O2/c1-4-5-6(2)7(8)9-3;3-1-2-4/h4H,1-2,5H2,3H3;3-4H,1-2H2. The molecule has 76 valence electrons. The molecule has 0 bridgehead atoms. The zero-order valence-corrected chi connectivity index (χ0v) is 7.82. The highest BCUT2D eigenvalue weighted by molar-refractivity contribution is 5.87. The van der Waals surface area contributed by atoms with Crippen LogP contribution in [0.3, 0.4) is 0 Å². The first-order chi connectivity index (χ1) is 6.13. The van der Waals surface area contributed by atoms with Crippen LogP contribution in [0.1, 0.15) is 6.42 Å². The van der Waals surface area contributed by atoms with Crippen molar-refractivity contribution in [1.82, 2.24) is 0 Å². The maximum Gasteiger partial charge on any atom is 0.333 e. The van der Waals surface area contributed by atoms with Gasteiger partial charge in [0.15, 0.2) is 0 Å². The summed E-state index contributed by atoms with van der Waals surface area (Å²) in [5.74, 6) is -0.366. The third-order valence-corrected chi connectivity index (χ3v) is 0.965. The molecule has 4 nitrogen and oxygen atoms in total. The Labute approximate surface area is 78.1 Å². The van der Waals surface area contributed by atoms with E-state index >= 15 is 0 Å². The highest BCUT2D eigenvalue weighted by atomic mass is 16.5. The van der Waals surface area contributed by atoms with Crippen molar-refractivity contribution in [3.8, 4) is 0 Å². The lowest BCUT2D eigenvalue weighted by Gasteiger charge is -1.96. The highest BCUT2D eigenvalue weighted by Gasteiger charge is 2.01. The highest BCUT2D eigenvalue weighted by Crippen LogP contribution is 1.99. The fraction of sp³-hybridized carbons (Fsp3) is 0.444. The first-order valence-electron chi connectivity index (χ1n) is 3.72. The van der Waals surface area contributed by atoms with E-state index in [1.807, 2.05) is 0 Å². The Hall–Kier alpha value is -1.13. The molecule has 0 aromatic rings. The van der Waals surface area contributed by atoms with Crippen LogP contribution in [0.25, 0.3) is 0 Å². The molecule has 0 heterocycles. The van der Waals surface area contributed by atoms with Gasteiger partial charge in [-0.05, 0) is 6.42 Å². The van der Waals surface area contributed by atoms with Crippen molar-refractivity contribution < 1.29 is 19.7 Å². The second kappa shape index (κ2) is 10.9. The summed E-state index contributed by atoms with van der Waals surface area (Å²) in [5.41, 5.74) is 0.438. The first-order valence-corrected chi connectivity index (χ1v) is 3.72. The summed E-state index contributed by atoms with van der Waals surface area (Å²) in [6.07, 6.45) is 2.10. The van der Waals surface area contributed by atoms with Crippen molar-refractivity contribution in [2.75, 3.05) is 20.3 Å². The van der Waals surface area contributed by atoms with Crippen molar-refractivity contribution in [2.45, 2.75) is 6.42 Å². The number of rotatable bonds is 4. The minimum absolute atomic E-state index is 0.125.